The van der Waals surface area contributed by atoms with Crippen LogP contribution in [-0.4, -0.2) is 24.5 Å². The van der Waals surface area contributed by atoms with E-state index in [-0.39, 0.29) is 5.78 Å². The van der Waals surface area contributed by atoms with Crippen molar-refractivity contribution in [2.75, 3.05) is 13.7 Å². The lowest BCUT2D eigenvalue weighted by Crippen LogP contribution is -1.95. The van der Waals surface area contributed by atoms with Crippen LogP contribution in [0.4, 0.5) is 0 Å². The zero-order valence-corrected chi connectivity index (χ0v) is 8.69. The van der Waals surface area contributed by atoms with E-state index in [2.05, 4.69) is 4.98 Å². The summed E-state index contributed by atoms with van der Waals surface area (Å²) in [7, 11) is 1.68. The molecule has 4 heteroatoms. The molecule has 0 radical (unpaired) electrons. The largest absolute Gasteiger partial charge is 0.385 e. The van der Waals surface area contributed by atoms with Crippen molar-refractivity contribution in [1.82, 2.24) is 4.98 Å². The highest BCUT2D eigenvalue weighted by molar-refractivity contribution is 7.09. The first-order valence-electron chi connectivity index (χ1n) is 4.18. The minimum atomic E-state index is 0.0363. The number of rotatable bonds is 5. The van der Waals surface area contributed by atoms with Crippen molar-refractivity contribution in [3.63, 3.8) is 0 Å². The van der Waals surface area contributed by atoms with E-state index in [0.717, 1.165) is 24.5 Å². The highest BCUT2D eigenvalue weighted by atomic mass is 32.1. The van der Waals surface area contributed by atoms with Crippen molar-refractivity contribution in [3.05, 3.63) is 16.1 Å². The Labute approximate surface area is 81.8 Å². The Kier molecular flexibility index (Phi) is 4.05. The number of ether oxygens (including phenoxy) is 1. The molecule has 0 aliphatic rings. The first-order chi connectivity index (χ1) is 6.24. The van der Waals surface area contributed by atoms with Gasteiger partial charge in [-0.15, -0.1) is 11.3 Å². The van der Waals surface area contributed by atoms with Gasteiger partial charge in [-0.1, -0.05) is 0 Å². The van der Waals surface area contributed by atoms with Crippen LogP contribution in [0.25, 0.3) is 0 Å². The molecule has 1 heterocycles. The lowest BCUT2D eigenvalue weighted by atomic mass is 10.3. The Morgan fingerprint density at radius 1 is 1.69 bits per heavy atom. The van der Waals surface area contributed by atoms with E-state index in [9.17, 15) is 4.79 Å². The number of Topliss-reactive ketones (excluding diaryl/α,β-unsaturated/α-hetero) is 1. The maximum atomic E-state index is 10.9. The quantitative estimate of drug-likeness (QED) is 0.537. The van der Waals surface area contributed by atoms with Crippen LogP contribution >= 0.6 is 11.3 Å². The number of carbonyl (C=O) groups is 1. The second-order valence-electron chi connectivity index (χ2n) is 2.78. The highest BCUT2D eigenvalue weighted by Gasteiger charge is 2.04. The molecule has 0 spiro atoms. The Hall–Kier alpha value is -0.740. The number of hydrogen-bond donors (Lipinski definition) is 0. The molecule has 3 nitrogen and oxygen atoms in total. The van der Waals surface area contributed by atoms with Crippen molar-refractivity contribution < 1.29 is 9.53 Å². The average Bonchev–Trinajstić information content (AvgIpc) is 2.53. The number of aryl methyl sites for hydroxylation is 1. The lowest BCUT2D eigenvalue weighted by molar-refractivity contribution is 0.101. The van der Waals surface area contributed by atoms with Gasteiger partial charge in [0.25, 0.3) is 0 Å². The van der Waals surface area contributed by atoms with E-state index < -0.39 is 0 Å². The van der Waals surface area contributed by atoms with Crippen molar-refractivity contribution in [3.8, 4) is 0 Å². The van der Waals surface area contributed by atoms with E-state index in [1.165, 1.54) is 6.92 Å². The molecule has 0 N–H and O–H groups in total. The topological polar surface area (TPSA) is 39.2 Å². The summed E-state index contributed by atoms with van der Waals surface area (Å²) < 4.78 is 4.93. The predicted molar refractivity (Wildman–Crippen MR) is 52.3 cm³/mol. The van der Waals surface area contributed by atoms with Gasteiger partial charge in [0.05, 0.1) is 5.01 Å². The van der Waals surface area contributed by atoms with Crippen LogP contribution in [0, 0.1) is 0 Å². The SMILES string of the molecule is COCCCc1nc(C(C)=O)cs1. The van der Waals surface area contributed by atoms with Crippen molar-refractivity contribution >= 4 is 17.1 Å². The Bertz CT molecular complexity index is 283. The van der Waals surface area contributed by atoms with Gasteiger partial charge in [-0.3, -0.25) is 4.79 Å². The number of ketones is 1. The van der Waals surface area contributed by atoms with Crippen LogP contribution in [0.1, 0.15) is 28.8 Å². The third-order valence-corrected chi connectivity index (χ3v) is 2.56. The number of thiazole rings is 1. The van der Waals surface area contributed by atoms with Gasteiger partial charge in [0, 0.05) is 32.4 Å². The molecule has 0 saturated carbocycles. The summed E-state index contributed by atoms with van der Waals surface area (Å²) >= 11 is 1.54. The van der Waals surface area contributed by atoms with E-state index in [1.807, 2.05) is 5.38 Å². The van der Waals surface area contributed by atoms with E-state index in [1.54, 1.807) is 18.4 Å². The van der Waals surface area contributed by atoms with Gasteiger partial charge in [-0.05, 0) is 6.42 Å². The molecule has 0 aliphatic heterocycles. The second kappa shape index (κ2) is 5.09. The average molecular weight is 199 g/mol. The highest BCUT2D eigenvalue weighted by Crippen LogP contribution is 2.11. The summed E-state index contributed by atoms with van der Waals surface area (Å²) in [4.78, 5) is 15.1. The van der Waals surface area contributed by atoms with Crippen LogP contribution in [0.2, 0.25) is 0 Å². The third-order valence-electron chi connectivity index (χ3n) is 1.65. The summed E-state index contributed by atoms with van der Waals surface area (Å²) in [6, 6.07) is 0. The summed E-state index contributed by atoms with van der Waals surface area (Å²) in [6.07, 6.45) is 1.85. The molecular formula is C9H13NO2S. The fourth-order valence-corrected chi connectivity index (χ4v) is 1.83. The van der Waals surface area contributed by atoms with Crippen LogP contribution in [0.15, 0.2) is 5.38 Å². The maximum Gasteiger partial charge on any atom is 0.178 e. The van der Waals surface area contributed by atoms with Gasteiger partial charge in [-0.2, -0.15) is 0 Å². The van der Waals surface area contributed by atoms with Crippen molar-refractivity contribution in [2.24, 2.45) is 0 Å². The van der Waals surface area contributed by atoms with Gasteiger partial charge in [0.2, 0.25) is 0 Å². The molecule has 0 fully saturated rings. The van der Waals surface area contributed by atoms with Gasteiger partial charge < -0.3 is 4.74 Å². The number of nitrogens with zero attached hydrogens (tertiary/aromatic N) is 1. The normalized spacial score (nSPS) is 10.3. The molecule has 1 rings (SSSR count). The molecule has 1 aromatic rings. The Balaban J connectivity index is 2.44. The molecule has 13 heavy (non-hydrogen) atoms. The van der Waals surface area contributed by atoms with Crippen LogP contribution in [-0.2, 0) is 11.2 Å². The molecule has 0 aromatic carbocycles. The second-order valence-corrected chi connectivity index (χ2v) is 3.72. The zero-order valence-electron chi connectivity index (χ0n) is 7.87. The number of aromatic nitrogens is 1. The van der Waals surface area contributed by atoms with Crippen LogP contribution < -0.4 is 0 Å². The predicted octanol–water partition coefficient (Wildman–Crippen LogP) is 1.92. The first kappa shape index (κ1) is 10.3. The minimum Gasteiger partial charge on any atom is -0.385 e. The van der Waals surface area contributed by atoms with Crippen LogP contribution in [0.3, 0.4) is 0 Å². The van der Waals surface area contributed by atoms with Gasteiger partial charge in [-0.25, -0.2) is 4.98 Å². The molecule has 1 aromatic heterocycles. The summed E-state index contributed by atoms with van der Waals surface area (Å²) in [5.74, 6) is 0.0363. The van der Waals surface area contributed by atoms with E-state index >= 15 is 0 Å². The number of methoxy groups -OCH3 is 1. The molecular weight excluding hydrogens is 186 g/mol. The fourth-order valence-electron chi connectivity index (χ4n) is 0.955. The van der Waals surface area contributed by atoms with Gasteiger partial charge >= 0.3 is 0 Å². The van der Waals surface area contributed by atoms with Crippen molar-refractivity contribution in [1.29, 1.82) is 0 Å². The van der Waals surface area contributed by atoms with E-state index in [0.29, 0.717) is 5.69 Å². The lowest BCUT2D eigenvalue weighted by Gasteiger charge is -1.94. The van der Waals surface area contributed by atoms with E-state index in [4.69, 9.17) is 4.74 Å². The summed E-state index contributed by atoms with van der Waals surface area (Å²) in [6.45, 7) is 2.28. The summed E-state index contributed by atoms with van der Waals surface area (Å²) in [5, 5.41) is 2.83. The minimum absolute atomic E-state index is 0.0363. The third kappa shape index (κ3) is 3.24. The Morgan fingerprint density at radius 2 is 2.46 bits per heavy atom. The zero-order chi connectivity index (χ0) is 9.68. The maximum absolute atomic E-state index is 10.9. The molecule has 0 unspecified atom stereocenters. The summed E-state index contributed by atoms with van der Waals surface area (Å²) in [5.41, 5.74) is 0.581. The monoisotopic (exact) mass is 199 g/mol. The van der Waals surface area contributed by atoms with Gasteiger partial charge in [0.15, 0.2) is 5.78 Å². The van der Waals surface area contributed by atoms with Crippen molar-refractivity contribution in [2.45, 2.75) is 19.8 Å². The first-order valence-corrected chi connectivity index (χ1v) is 5.06. The van der Waals surface area contributed by atoms with Gasteiger partial charge in [0.1, 0.15) is 5.69 Å². The molecule has 0 amide bonds. The molecule has 0 bridgehead atoms. The Morgan fingerprint density at radius 3 is 3.00 bits per heavy atom. The molecule has 0 saturated heterocycles. The number of hydrogen-bond acceptors (Lipinski definition) is 4. The molecule has 0 aliphatic carbocycles. The number of carbonyl (C=O) groups excluding carboxylic acids is 1. The molecule has 0 atom stereocenters. The standard InChI is InChI=1S/C9H13NO2S/c1-7(11)8-6-13-9(10-8)4-3-5-12-2/h6H,3-5H2,1-2H3. The smallest absolute Gasteiger partial charge is 0.178 e. The molecule has 72 valence electrons. The fraction of sp³-hybridized carbons (Fsp3) is 0.556. The van der Waals surface area contributed by atoms with Crippen LogP contribution in [0.5, 0.6) is 0 Å².